The van der Waals surface area contributed by atoms with Gasteiger partial charge in [0.15, 0.2) is 0 Å². The summed E-state index contributed by atoms with van der Waals surface area (Å²) in [5, 5.41) is 9.53. The first kappa shape index (κ1) is 24.3. The van der Waals surface area contributed by atoms with Crippen molar-refractivity contribution in [1.82, 2.24) is 0 Å². The predicted molar refractivity (Wildman–Crippen MR) is 141 cm³/mol. The number of aliphatic hydroxyl groups is 1. The first-order chi connectivity index (χ1) is 17.6. The third-order valence-corrected chi connectivity index (χ3v) is 7.64. The van der Waals surface area contributed by atoms with E-state index in [2.05, 4.69) is 35.2 Å². The van der Waals surface area contributed by atoms with E-state index in [1.54, 1.807) is 0 Å². The molecule has 3 aromatic rings. The Hall–Kier alpha value is -3.35. The highest BCUT2D eigenvalue weighted by Crippen LogP contribution is 2.54. The molecule has 36 heavy (non-hydrogen) atoms. The highest BCUT2D eigenvalue weighted by Gasteiger charge is 2.44. The van der Waals surface area contributed by atoms with E-state index >= 15 is 0 Å². The Balaban J connectivity index is 1.43. The van der Waals surface area contributed by atoms with Crippen LogP contribution in [-0.4, -0.2) is 31.3 Å². The smallest absolute Gasteiger partial charge is 0.293 e. The van der Waals surface area contributed by atoms with Gasteiger partial charge in [0.2, 0.25) is 0 Å². The SMILES string of the molecule is N[C@@H](CO)c1cccc(-c2cc(COc3ccccc3COC=O)cc(N3CCC4(CC3)CC4)c2)c1. The van der Waals surface area contributed by atoms with Gasteiger partial charge in [-0.1, -0.05) is 36.4 Å². The highest BCUT2D eigenvalue weighted by molar-refractivity contribution is 5.70. The summed E-state index contributed by atoms with van der Waals surface area (Å²) in [6.45, 7) is 3.08. The molecule has 0 bridgehead atoms. The van der Waals surface area contributed by atoms with E-state index in [0.717, 1.165) is 40.9 Å². The monoisotopic (exact) mass is 486 g/mol. The summed E-state index contributed by atoms with van der Waals surface area (Å²) in [6, 6.07) is 21.9. The van der Waals surface area contributed by atoms with Crippen LogP contribution in [-0.2, 0) is 22.7 Å². The molecule has 1 saturated heterocycles. The predicted octanol–water partition coefficient (Wildman–Crippen LogP) is 4.98. The van der Waals surface area contributed by atoms with Gasteiger partial charge >= 0.3 is 0 Å². The number of carbonyl (C=O) groups excluding carboxylic acids is 1. The molecule has 1 saturated carbocycles. The molecular weight excluding hydrogens is 452 g/mol. The van der Waals surface area contributed by atoms with Crippen LogP contribution in [0.5, 0.6) is 5.75 Å². The summed E-state index contributed by atoms with van der Waals surface area (Å²) < 4.78 is 11.2. The Kier molecular flexibility index (Phi) is 7.25. The van der Waals surface area contributed by atoms with E-state index in [9.17, 15) is 9.90 Å². The van der Waals surface area contributed by atoms with E-state index in [-0.39, 0.29) is 13.2 Å². The number of aliphatic hydroxyl groups excluding tert-OH is 1. The van der Waals surface area contributed by atoms with Gasteiger partial charge in [0, 0.05) is 24.3 Å². The molecule has 1 aliphatic heterocycles. The number of benzene rings is 3. The largest absolute Gasteiger partial charge is 0.488 e. The number of piperidine rings is 1. The Morgan fingerprint density at radius 3 is 2.50 bits per heavy atom. The molecule has 6 nitrogen and oxygen atoms in total. The van der Waals surface area contributed by atoms with Gasteiger partial charge in [-0.05, 0) is 83.7 Å². The summed E-state index contributed by atoms with van der Waals surface area (Å²) in [5.41, 5.74) is 12.9. The Morgan fingerprint density at radius 1 is 0.944 bits per heavy atom. The fourth-order valence-electron chi connectivity index (χ4n) is 5.13. The number of nitrogens with two attached hydrogens (primary N) is 1. The van der Waals surface area contributed by atoms with Crippen molar-refractivity contribution in [2.75, 3.05) is 24.6 Å². The van der Waals surface area contributed by atoms with Gasteiger partial charge in [-0.2, -0.15) is 0 Å². The zero-order valence-electron chi connectivity index (χ0n) is 20.6. The van der Waals surface area contributed by atoms with Crippen molar-refractivity contribution < 1.29 is 19.4 Å². The third-order valence-electron chi connectivity index (χ3n) is 7.64. The summed E-state index contributed by atoms with van der Waals surface area (Å²) >= 11 is 0. The molecule has 0 unspecified atom stereocenters. The first-order valence-electron chi connectivity index (χ1n) is 12.7. The molecule has 2 fully saturated rings. The number of ether oxygens (including phenoxy) is 2. The lowest BCUT2D eigenvalue weighted by molar-refractivity contribution is -0.129. The minimum atomic E-state index is -0.405. The number of para-hydroxylation sites is 1. The molecule has 1 aliphatic carbocycles. The average Bonchev–Trinajstić information content (AvgIpc) is 3.69. The van der Waals surface area contributed by atoms with Crippen molar-refractivity contribution in [2.45, 2.75) is 44.9 Å². The van der Waals surface area contributed by atoms with Gasteiger partial charge in [-0.3, -0.25) is 4.79 Å². The van der Waals surface area contributed by atoms with Crippen LogP contribution >= 0.6 is 0 Å². The van der Waals surface area contributed by atoms with E-state index in [0.29, 0.717) is 24.2 Å². The van der Waals surface area contributed by atoms with E-state index < -0.39 is 6.04 Å². The zero-order chi connectivity index (χ0) is 25.0. The van der Waals surface area contributed by atoms with Crippen molar-refractivity contribution in [2.24, 2.45) is 11.1 Å². The molecule has 0 amide bonds. The third kappa shape index (κ3) is 5.55. The van der Waals surface area contributed by atoms with Crippen LogP contribution in [0.3, 0.4) is 0 Å². The van der Waals surface area contributed by atoms with E-state index in [4.69, 9.17) is 15.2 Å². The second kappa shape index (κ2) is 10.7. The van der Waals surface area contributed by atoms with Crippen LogP contribution in [0.15, 0.2) is 66.7 Å². The van der Waals surface area contributed by atoms with Crippen LogP contribution in [0.4, 0.5) is 5.69 Å². The van der Waals surface area contributed by atoms with Crippen molar-refractivity contribution in [3.63, 3.8) is 0 Å². The van der Waals surface area contributed by atoms with Gasteiger partial charge in [-0.15, -0.1) is 0 Å². The van der Waals surface area contributed by atoms with E-state index in [1.165, 1.54) is 31.4 Å². The minimum absolute atomic E-state index is 0.0919. The topological polar surface area (TPSA) is 85.0 Å². The summed E-state index contributed by atoms with van der Waals surface area (Å²) in [7, 11) is 0. The molecule has 1 spiro atoms. The number of carbonyl (C=O) groups is 1. The maximum atomic E-state index is 10.7. The summed E-state index contributed by atoms with van der Waals surface area (Å²) in [6.07, 6.45) is 5.28. The van der Waals surface area contributed by atoms with Gasteiger partial charge in [0.25, 0.3) is 6.47 Å². The zero-order valence-corrected chi connectivity index (χ0v) is 20.6. The average molecular weight is 487 g/mol. The van der Waals surface area contributed by atoms with Crippen LogP contribution in [0, 0.1) is 5.41 Å². The van der Waals surface area contributed by atoms with Gasteiger partial charge in [0.05, 0.1) is 12.6 Å². The van der Waals surface area contributed by atoms with Gasteiger partial charge < -0.3 is 25.2 Å². The number of hydrogen-bond donors (Lipinski definition) is 2. The lowest BCUT2D eigenvalue weighted by Crippen LogP contribution is -2.34. The number of anilines is 1. The first-order valence-corrected chi connectivity index (χ1v) is 12.7. The molecule has 1 heterocycles. The number of nitrogens with zero attached hydrogens (tertiary/aromatic N) is 1. The van der Waals surface area contributed by atoms with Crippen molar-refractivity contribution >= 4 is 12.2 Å². The lowest BCUT2D eigenvalue weighted by Gasteiger charge is -2.34. The van der Waals surface area contributed by atoms with Gasteiger partial charge in [-0.25, -0.2) is 0 Å². The normalized spacial score (nSPS) is 17.0. The Bertz CT molecular complexity index is 1200. The fraction of sp³-hybridized carbons (Fsp3) is 0.367. The fourth-order valence-corrected chi connectivity index (χ4v) is 5.13. The Labute approximate surface area is 212 Å². The maximum absolute atomic E-state index is 10.7. The second-order valence-corrected chi connectivity index (χ2v) is 10.1. The molecule has 1 atom stereocenters. The van der Waals surface area contributed by atoms with Gasteiger partial charge in [0.1, 0.15) is 19.0 Å². The van der Waals surface area contributed by atoms with Crippen LogP contribution in [0.1, 0.15) is 48.4 Å². The molecule has 188 valence electrons. The molecule has 2 aliphatic rings. The standard InChI is InChI=1S/C30H34N2O4/c31-28(18-33)24-6-3-5-23(16-24)26-14-22(19-36-29-7-2-1-4-25(29)20-35-21-34)15-27(17-26)32-12-10-30(8-9-30)11-13-32/h1-7,14-17,21,28,33H,8-13,18-20,31H2/t28-/m0/s1. The molecule has 6 heteroatoms. The summed E-state index contributed by atoms with van der Waals surface area (Å²) in [4.78, 5) is 13.2. The molecule has 5 rings (SSSR count). The molecular formula is C30H34N2O4. The van der Waals surface area contributed by atoms with Crippen LogP contribution in [0.2, 0.25) is 0 Å². The van der Waals surface area contributed by atoms with Crippen LogP contribution < -0.4 is 15.4 Å². The second-order valence-electron chi connectivity index (χ2n) is 10.1. The maximum Gasteiger partial charge on any atom is 0.293 e. The molecule has 0 aromatic heterocycles. The molecule has 3 N–H and O–H groups in total. The van der Waals surface area contributed by atoms with Crippen molar-refractivity contribution in [1.29, 1.82) is 0 Å². The summed E-state index contributed by atoms with van der Waals surface area (Å²) in [5.74, 6) is 0.705. The number of rotatable bonds is 10. The Morgan fingerprint density at radius 2 is 1.75 bits per heavy atom. The van der Waals surface area contributed by atoms with Crippen molar-refractivity contribution in [3.8, 4) is 16.9 Å². The van der Waals surface area contributed by atoms with E-state index in [1.807, 2.05) is 36.4 Å². The molecule has 0 radical (unpaired) electrons. The quantitative estimate of drug-likeness (QED) is 0.393. The lowest BCUT2D eigenvalue weighted by atomic mass is 9.92. The minimum Gasteiger partial charge on any atom is -0.488 e. The van der Waals surface area contributed by atoms with Crippen LogP contribution in [0.25, 0.3) is 11.1 Å². The number of hydrogen-bond acceptors (Lipinski definition) is 6. The highest BCUT2D eigenvalue weighted by atomic mass is 16.5. The molecule has 3 aromatic carbocycles. The van der Waals surface area contributed by atoms with Crippen molar-refractivity contribution in [3.05, 3.63) is 83.4 Å².